The van der Waals surface area contributed by atoms with Gasteiger partial charge in [-0.25, -0.2) is 13.6 Å². The second-order valence-electron chi connectivity index (χ2n) is 7.42. The lowest BCUT2D eigenvalue weighted by atomic mass is 9.90. The maximum absolute atomic E-state index is 11.5. The van der Waals surface area contributed by atoms with Crippen molar-refractivity contribution in [3.8, 4) is 5.75 Å². The maximum Gasteiger partial charge on any atom is 0.238 e. The molecule has 8 heteroatoms. The quantitative estimate of drug-likeness (QED) is 0.537. The van der Waals surface area contributed by atoms with Crippen molar-refractivity contribution < 1.29 is 13.2 Å². The Morgan fingerprint density at radius 3 is 2.71 bits per heavy atom. The van der Waals surface area contributed by atoms with Crippen LogP contribution in [-0.4, -0.2) is 27.0 Å². The van der Waals surface area contributed by atoms with Crippen LogP contribution in [0.1, 0.15) is 37.4 Å². The summed E-state index contributed by atoms with van der Waals surface area (Å²) in [4.78, 5) is 4.39. The van der Waals surface area contributed by atoms with E-state index < -0.39 is 10.0 Å². The summed E-state index contributed by atoms with van der Waals surface area (Å²) in [6, 6.07) is 14.6. The van der Waals surface area contributed by atoms with Crippen LogP contribution in [0, 0.1) is 0 Å². The number of guanidine groups is 1. The lowest BCUT2D eigenvalue weighted by Crippen LogP contribution is -2.45. The molecule has 0 aromatic heterocycles. The molecule has 1 heterocycles. The second-order valence-corrected chi connectivity index (χ2v) is 8.98. The number of nitrogens with zero attached hydrogens (tertiary/aromatic N) is 1. The number of ether oxygens (including phenoxy) is 1. The molecule has 1 aliphatic rings. The Labute approximate surface area is 166 Å². The number of hydrogen-bond acceptors (Lipinski definition) is 4. The Kier molecular flexibility index (Phi) is 5.62. The molecule has 0 spiro atoms. The van der Waals surface area contributed by atoms with Crippen LogP contribution in [-0.2, 0) is 16.6 Å². The highest BCUT2D eigenvalue weighted by Crippen LogP contribution is 2.39. The number of sulfonamides is 1. The van der Waals surface area contributed by atoms with E-state index in [1.165, 1.54) is 6.07 Å². The van der Waals surface area contributed by atoms with Crippen LogP contribution in [0.3, 0.4) is 0 Å². The number of hydrogen-bond donors (Lipinski definition) is 3. The standard InChI is InChI=1S/C20H26N4O3S/c1-20(2)12-17(16-9-4-5-10-18(16)27-20)24-19(22-3)23-13-14-7-6-8-15(11-14)28(21,25)26/h4-11,17H,12-13H2,1-3H3,(H2,21,25,26)(H2,22,23,24). The van der Waals surface area contributed by atoms with Crippen LogP contribution < -0.4 is 20.5 Å². The van der Waals surface area contributed by atoms with E-state index >= 15 is 0 Å². The molecule has 150 valence electrons. The van der Waals surface area contributed by atoms with Gasteiger partial charge in [0.1, 0.15) is 11.4 Å². The minimum atomic E-state index is -3.73. The Hall–Kier alpha value is -2.58. The third-order valence-electron chi connectivity index (χ3n) is 4.60. The van der Waals surface area contributed by atoms with Gasteiger partial charge < -0.3 is 15.4 Å². The predicted molar refractivity (Wildman–Crippen MR) is 110 cm³/mol. The summed E-state index contributed by atoms with van der Waals surface area (Å²) >= 11 is 0. The monoisotopic (exact) mass is 402 g/mol. The molecule has 1 atom stereocenters. The second kappa shape index (κ2) is 7.81. The molecule has 0 aliphatic carbocycles. The van der Waals surface area contributed by atoms with Gasteiger partial charge in [0.15, 0.2) is 5.96 Å². The molecule has 2 aromatic rings. The smallest absolute Gasteiger partial charge is 0.238 e. The zero-order valence-electron chi connectivity index (χ0n) is 16.3. The molecule has 0 saturated heterocycles. The minimum Gasteiger partial charge on any atom is -0.487 e. The van der Waals surface area contributed by atoms with E-state index in [-0.39, 0.29) is 16.5 Å². The number of nitrogens with two attached hydrogens (primary N) is 1. The molecule has 3 rings (SSSR count). The Morgan fingerprint density at radius 2 is 2.00 bits per heavy atom. The fraction of sp³-hybridized carbons (Fsp3) is 0.350. The molecule has 0 fully saturated rings. The zero-order chi connectivity index (χ0) is 20.4. The van der Waals surface area contributed by atoms with E-state index in [9.17, 15) is 8.42 Å². The van der Waals surface area contributed by atoms with Crippen LogP contribution in [0.2, 0.25) is 0 Å². The zero-order valence-corrected chi connectivity index (χ0v) is 17.1. The van der Waals surface area contributed by atoms with E-state index in [4.69, 9.17) is 9.88 Å². The van der Waals surface area contributed by atoms with E-state index in [1.807, 2.05) is 30.3 Å². The summed E-state index contributed by atoms with van der Waals surface area (Å²) in [5.41, 5.74) is 1.58. The summed E-state index contributed by atoms with van der Waals surface area (Å²) < 4.78 is 29.1. The van der Waals surface area contributed by atoms with Gasteiger partial charge in [-0.05, 0) is 37.6 Å². The van der Waals surface area contributed by atoms with E-state index in [1.54, 1.807) is 19.2 Å². The SMILES string of the molecule is CN=C(NCc1cccc(S(N)(=O)=O)c1)NC1CC(C)(C)Oc2ccccc21. The van der Waals surface area contributed by atoms with Crippen molar-refractivity contribution in [1.29, 1.82) is 0 Å². The summed E-state index contributed by atoms with van der Waals surface area (Å²) in [6.45, 7) is 4.54. The van der Waals surface area contributed by atoms with Gasteiger partial charge >= 0.3 is 0 Å². The van der Waals surface area contributed by atoms with Gasteiger partial charge in [0.05, 0.1) is 10.9 Å². The number of para-hydroxylation sites is 1. The third kappa shape index (κ3) is 4.82. The lowest BCUT2D eigenvalue weighted by Gasteiger charge is -2.38. The van der Waals surface area contributed by atoms with Gasteiger partial charge in [-0.3, -0.25) is 4.99 Å². The van der Waals surface area contributed by atoms with Gasteiger partial charge in [0, 0.05) is 25.6 Å². The van der Waals surface area contributed by atoms with Gasteiger partial charge in [0.25, 0.3) is 0 Å². The van der Waals surface area contributed by atoms with E-state index in [0.29, 0.717) is 12.5 Å². The number of fused-ring (bicyclic) bond motifs is 1. The summed E-state index contributed by atoms with van der Waals surface area (Å²) in [7, 11) is -2.03. The largest absolute Gasteiger partial charge is 0.487 e. The van der Waals surface area contributed by atoms with Gasteiger partial charge in [-0.15, -0.1) is 0 Å². The highest BCUT2D eigenvalue weighted by Gasteiger charge is 2.33. The molecule has 2 aromatic carbocycles. The van der Waals surface area contributed by atoms with Crippen molar-refractivity contribution >= 4 is 16.0 Å². The van der Waals surface area contributed by atoms with Crippen molar-refractivity contribution in [3.63, 3.8) is 0 Å². The first-order valence-corrected chi connectivity index (χ1v) is 10.6. The van der Waals surface area contributed by atoms with Crippen LogP contribution in [0.4, 0.5) is 0 Å². The molecule has 7 nitrogen and oxygen atoms in total. The summed E-state index contributed by atoms with van der Waals surface area (Å²) in [5, 5.41) is 11.9. The molecule has 1 unspecified atom stereocenters. The van der Waals surface area contributed by atoms with Crippen LogP contribution in [0.5, 0.6) is 5.75 Å². The van der Waals surface area contributed by atoms with Crippen molar-refractivity contribution in [3.05, 3.63) is 59.7 Å². The van der Waals surface area contributed by atoms with E-state index in [2.05, 4.69) is 29.5 Å². The average molecular weight is 403 g/mol. The molecule has 0 radical (unpaired) electrons. The Morgan fingerprint density at radius 1 is 1.25 bits per heavy atom. The Bertz CT molecular complexity index is 986. The highest BCUT2D eigenvalue weighted by molar-refractivity contribution is 7.89. The summed E-state index contributed by atoms with van der Waals surface area (Å²) in [5.74, 6) is 1.49. The molecule has 4 N–H and O–H groups in total. The molecule has 28 heavy (non-hydrogen) atoms. The fourth-order valence-corrected chi connectivity index (χ4v) is 3.89. The van der Waals surface area contributed by atoms with Crippen molar-refractivity contribution in [2.45, 2.75) is 43.4 Å². The first-order chi connectivity index (χ1) is 13.2. The van der Waals surface area contributed by atoms with Gasteiger partial charge in [0.2, 0.25) is 10.0 Å². The molecule has 1 aliphatic heterocycles. The lowest BCUT2D eigenvalue weighted by molar-refractivity contribution is 0.0694. The van der Waals surface area contributed by atoms with E-state index in [0.717, 1.165) is 23.3 Å². The third-order valence-corrected chi connectivity index (χ3v) is 5.51. The summed E-state index contributed by atoms with van der Waals surface area (Å²) in [6.07, 6.45) is 0.783. The molecule has 0 amide bonds. The number of benzene rings is 2. The van der Waals surface area contributed by atoms with Crippen molar-refractivity contribution in [2.24, 2.45) is 10.1 Å². The fourth-order valence-electron chi connectivity index (χ4n) is 3.31. The number of aliphatic imine (C=N–C) groups is 1. The van der Waals surface area contributed by atoms with Gasteiger partial charge in [-0.2, -0.15) is 0 Å². The van der Waals surface area contributed by atoms with Crippen molar-refractivity contribution in [1.82, 2.24) is 10.6 Å². The normalized spacial score (nSPS) is 18.7. The molecule has 0 saturated carbocycles. The van der Waals surface area contributed by atoms with Crippen LogP contribution in [0.15, 0.2) is 58.4 Å². The van der Waals surface area contributed by atoms with Crippen LogP contribution in [0.25, 0.3) is 0 Å². The number of rotatable bonds is 4. The number of primary sulfonamides is 1. The topological polar surface area (TPSA) is 106 Å². The van der Waals surface area contributed by atoms with Gasteiger partial charge in [-0.1, -0.05) is 30.3 Å². The molecular weight excluding hydrogens is 376 g/mol. The van der Waals surface area contributed by atoms with Crippen LogP contribution >= 0.6 is 0 Å². The first kappa shape index (κ1) is 20.2. The molecule has 0 bridgehead atoms. The Balaban J connectivity index is 1.72. The number of nitrogens with one attached hydrogen (secondary N) is 2. The maximum atomic E-state index is 11.5. The minimum absolute atomic E-state index is 0.0434. The highest BCUT2D eigenvalue weighted by atomic mass is 32.2. The first-order valence-electron chi connectivity index (χ1n) is 9.05. The van der Waals surface area contributed by atoms with Crippen molar-refractivity contribution in [2.75, 3.05) is 7.05 Å². The average Bonchev–Trinajstić information content (AvgIpc) is 2.63. The predicted octanol–water partition coefficient (Wildman–Crippen LogP) is 2.30. The molecular formula is C20H26N4O3S.